The minimum atomic E-state index is -0.730. The lowest BCUT2D eigenvalue weighted by atomic mass is 10.1. The molecule has 2 amide bonds. The van der Waals surface area contributed by atoms with Crippen LogP contribution >= 0.6 is 0 Å². The molecule has 2 heterocycles. The van der Waals surface area contributed by atoms with Crippen molar-refractivity contribution >= 4 is 23.4 Å². The average Bonchev–Trinajstić information content (AvgIpc) is 2.96. The Hall–Kier alpha value is -2.89. The first kappa shape index (κ1) is 18.5. The number of anilines is 2. The van der Waals surface area contributed by atoms with Crippen LogP contribution < -0.4 is 15.1 Å². The third kappa shape index (κ3) is 3.23. The zero-order valence-corrected chi connectivity index (χ0v) is 15.3. The number of carbonyl (C=O) groups excluding carboxylic acids is 2. The second-order valence-electron chi connectivity index (χ2n) is 7.57. The van der Waals surface area contributed by atoms with Gasteiger partial charge in [0.1, 0.15) is 11.8 Å². The maximum Gasteiger partial charge on any atom is 0.414 e. The molecule has 148 valence electrons. The Bertz CT molecular complexity index is 836. The van der Waals surface area contributed by atoms with E-state index in [2.05, 4.69) is 11.4 Å². The molecular formula is C19H20F2N4O3. The second-order valence-corrected chi connectivity index (χ2v) is 7.57. The van der Waals surface area contributed by atoms with E-state index in [4.69, 9.17) is 10.00 Å². The van der Waals surface area contributed by atoms with Crippen molar-refractivity contribution in [1.82, 2.24) is 5.32 Å². The Labute approximate surface area is 160 Å². The molecule has 4 rings (SSSR count). The number of fused-ring (bicyclic) bond motifs is 1. The van der Waals surface area contributed by atoms with Crippen molar-refractivity contribution in [1.29, 1.82) is 5.26 Å². The fourth-order valence-electron chi connectivity index (χ4n) is 4.35. The van der Waals surface area contributed by atoms with Gasteiger partial charge in [-0.25, -0.2) is 13.6 Å². The predicted molar refractivity (Wildman–Crippen MR) is 95.6 cm³/mol. The molecule has 2 saturated heterocycles. The first-order valence-corrected chi connectivity index (χ1v) is 9.22. The lowest BCUT2D eigenvalue weighted by molar-refractivity contribution is -0.119. The Morgan fingerprint density at radius 3 is 2.50 bits per heavy atom. The highest BCUT2D eigenvalue weighted by Gasteiger charge is 2.55. The van der Waals surface area contributed by atoms with Crippen LogP contribution in [0.25, 0.3) is 0 Å². The molecule has 1 unspecified atom stereocenters. The molecule has 2 aliphatic heterocycles. The molecule has 3 aliphatic rings. The van der Waals surface area contributed by atoms with E-state index in [1.165, 1.54) is 6.92 Å². The van der Waals surface area contributed by atoms with Gasteiger partial charge in [-0.15, -0.1) is 0 Å². The van der Waals surface area contributed by atoms with Gasteiger partial charge in [0.2, 0.25) is 5.91 Å². The quantitative estimate of drug-likeness (QED) is 0.831. The molecule has 1 N–H and O–H groups in total. The largest absolute Gasteiger partial charge is 0.442 e. The minimum Gasteiger partial charge on any atom is -0.442 e. The van der Waals surface area contributed by atoms with Crippen LogP contribution in [0, 0.1) is 40.7 Å². The highest BCUT2D eigenvalue weighted by Crippen LogP contribution is 2.54. The Morgan fingerprint density at radius 1 is 1.29 bits per heavy atom. The summed E-state index contributed by atoms with van der Waals surface area (Å²) in [6.45, 7) is 2.66. The van der Waals surface area contributed by atoms with Crippen molar-refractivity contribution in [2.75, 3.05) is 36.0 Å². The van der Waals surface area contributed by atoms with Gasteiger partial charge in [-0.1, -0.05) is 0 Å². The Morgan fingerprint density at radius 2 is 1.93 bits per heavy atom. The van der Waals surface area contributed by atoms with Crippen molar-refractivity contribution < 1.29 is 23.1 Å². The first-order chi connectivity index (χ1) is 13.4. The molecule has 1 aliphatic carbocycles. The van der Waals surface area contributed by atoms with Crippen molar-refractivity contribution in [3.63, 3.8) is 0 Å². The molecular weight excluding hydrogens is 370 g/mol. The van der Waals surface area contributed by atoms with E-state index >= 15 is 0 Å². The molecule has 1 aromatic rings. The van der Waals surface area contributed by atoms with Crippen molar-refractivity contribution in [3.05, 3.63) is 23.8 Å². The first-order valence-electron chi connectivity index (χ1n) is 9.22. The van der Waals surface area contributed by atoms with Gasteiger partial charge in [-0.05, 0) is 17.8 Å². The number of ether oxygens (including phenoxy) is 1. The molecule has 28 heavy (non-hydrogen) atoms. The van der Waals surface area contributed by atoms with Crippen LogP contribution in [0.15, 0.2) is 12.1 Å². The molecule has 0 aromatic heterocycles. The number of rotatable bonds is 5. The predicted octanol–water partition coefficient (Wildman–Crippen LogP) is 2.02. The fourth-order valence-corrected chi connectivity index (χ4v) is 4.35. The van der Waals surface area contributed by atoms with E-state index < -0.39 is 23.8 Å². The van der Waals surface area contributed by atoms with E-state index in [1.807, 2.05) is 0 Å². The van der Waals surface area contributed by atoms with Crippen LogP contribution in [0.2, 0.25) is 0 Å². The van der Waals surface area contributed by atoms with Gasteiger partial charge in [-0.2, -0.15) is 5.26 Å². The number of piperidine rings is 1. The maximum atomic E-state index is 14.7. The van der Waals surface area contributed by atoms with Crippen molar-refractivity contribution in [3.8, 4) is 6.07 Å². The maximum absolute atomic E-state index is 14.7. The topological polar surface area (TPSA) is 85.7 Å². The summed E-state index contributed by atoms with van der Waals surface area (Å²) in [5, 5.41) is 11.3. The van der Waals surface area contributed by atoms with Crippen LogP contribution in [-0.4, -0.2) is 44.3 Å². The van der Waals surface area contributed by atoms with Gasteiger partial charge in [-0.3, -0.25) is 9.69 Å². The van der Waals surface area contributed by atoms with E-state index in [9.17, 15) is 18.4 Å². The Kier molecular flexibility index (Phi) is 4.57. The Balaban J connectivity index is 1.46. The summed E-state index contributed by atoms with van der Waals surface area (Å²) >= 11 is 0. The SMILES string of the molecule is CC(=O)NC[C@H]1CN(c2cc(F)c(N3C[C@@H]4C(CC#N)[C@@H]4C3)c(F)c2)C(=O)O1. The third-order valence-corrected chi connectivity index (χ3v) is 5.78. The second kappa shape index (κ2) is 6.93. The molecule has 3 fully saturated rings. The summed E-state index contributed by atoms with van der Waals surface area (Å²) in [5.74, 6) is -0.733. The molecule has 1 saturated carbocycles. The van der Waals surface area contributed by atoms with Crippen LogP contribution in [0.5, 0.6) is 0 Å². The summed E-state index contributed by atoms with van der Waals surface area (Å²) < 4.78 is 34.6. The average molecular weight is 390 g/mol. The van der Waals surface area contributed by atoms with E-state index in [0.717, 1.165) is 17.0 Å². The fraction of sp³-hybridized carbons (Fsp3) is 0.526. The van der Waals surface area contributed by atoms with Gasteiger partial charge >= 0.3 is 6.09 Å². The molecule has 7 nitrogen and oxygen atoms in total. The van der Waals surface area contributed by atoms with Gasteiger partial charge in [0.05, 0.1) is 24.8 Å². The van der Waals surface area contributed by atoms with Gasteiger partial charge < -0.3 is 15.0 Å². The monoisotopic (exact) mass is 390 g/mol. The van der Waals surface area contributed by atoms with Crippen molar-refractivity contribution in [2.45, 2.75) is 19.4 Å². The smallest absolute Gasteiger partial charge is 0.414 e. The van der Waals surface area contributed by atoms with Gasteiger partial charge in [0.25, 0.3) is 0 Å². The number of hydrogen-bond acceptors (Lipinski definition) is 5. The normalized spacial score (nSPS) is 28.0. The number of amides is 2. The van der Waals surface area contributed by atoms with Crippen LogP contribution in [-0.2, 0) is 9.53 Å². The summed E-state index contributed by atoms with van der Waals surface area (Å²) in [5.41, 5.74) is -0.00481. The molecule has 0 spiro atoms. The minimum absolute atomic E-state index is 0.0841. The molecule has 0 bridgehead atoms. The van der Waals surface area contributed by atoms with Gasteiger partial charge in [0.15, 0.2) is 11.6 Å². The zero-order valence-electron chi connectivity index (χ0n) is 15.3. The highest BCUT2D eigenvalue weighted by molar-refractivity contribution is 5.90. The third-order valence-electron chi connectivity index (χ3n) is 5.78. The number of carbonyl (C=O) groups is 2. The highest BCUT2D eigenvalue weighted by atomic mass is 19.1. The van der Waals surface area contributed by atoms with E-state index in [1.54, 1.807) is 4.90 Å². The number of benzene rings is 1. The van der Waals surface area contributed by atoms with Crippen LogP contribution in [0.4, 0.5) is 25.0 Å². The summed E-state index contributed by atoms with van der Waals surface area (Å²) in [6.07, 6.45) is -0.794. The standard InChI is InChI=1S/C19H20F2N4O3/c1-10(26)23-6-12-7-25(19(27)28-12)11-4-16(20)18(17(21)5-11)24-8-14-13(2-3-22)15(14)9-24/h4-5,12-15H,2,6-9H2,1H3,(H,23,26)/t12-,13?,14-,15+/m0/s1. The summed E-state index contributed by atoms with van der Waals surface area (Å²) in [7, 11) is 0. The molecule has 9 heteroatoms. The lowest BCUT2D eigenvalue weighted by Crippen LogP contribution is -2.33. The summed E-state index contributed by atoms with van der Waals surface area (Å²) in [4.78, 5) is 25.9. The molecule has 1 aromatic carbocycles. The summed E-state index contributed by atoms with van der Waals surface area (Å²) in [6, 6.07) is 4.43. The van der Waals surface area contributed by atoms with Crippen LogP contribution in [0.1, 0.15) is 13.3 Å². The number of halogens is 2. The zero-order chi connectivity index (χ0) is 20.0. The van der Waals surface area contributed by atoms with E-state index in [-0.39, 0.29) is 30.4 Å². The number of nitrogens with one attached hydrogen (secondary N) is 1. The number of nitriles is 1. The van der Waals surface area contributed by atoms with Crippen LogP contribution in [0.3, 0.4) is 0 Å². The van der Waals surface area contributed by atoms with E-state index in [0.29, 0.717) is 37.3 Å². The molecule has 4 atom stereocenters. The number of hydrogen-bond donors (Lipinski definition) is 1. The number of nitrogens with zero attached hydrogens (tertiary/aromatic N) is 3. The molecule has 0 radical (unpaired) electrons. The van der Waals surface area contributed by atoms with Gasteiger partial charge in [0, 0.05) is 38.6 Å². The number of cyclic esters (lactones) is 1. The lowest BCUT2D eigenvalue weighted by Gasteiger charge is -2.24. The van der Waals surface area contributed by atoms with Crippen molar-refractivity contribution in [2.24, 2.45) is 17.8 Å².